The van der Waals surface area contributed by atoms with Crippen molar-refractivity contribution in [3.05, 3.63) is 53.1 Å². The largest absolute Gasteiger partial charge is 0.490 e. The molecule has 0 spiro atoms. The Labute approximate surface area is 171 Å². The predicted molar refractivity (Wildman–Crippen MR) is 114 cm³/mol. The van der Waals surface area contributed by atoms with Crippen molar-refractivity contribution in [3.63, 3.8) is 0 Å². The van der Waals surface area contributed by atoms with Gasteiger partial charge in [0.25, 0.3) is 0 Å². The van der Waals surface area contributed by atoms with Gasteiger partial charge in [-0.1, -0.05) is 25.1 Å². The number of aryl methyl sites for hydroxylation is 2. The zero-order chi connectivity index (χ0) is 21.2. The van der Waals surface area contributed by atoms with Gasteiger partial charge < -0.3 is 14.8 Å². The first-order valence-corrected chi connectivity index (χ1v) is 9.56. The van der Waals surface area contributed by atoms with Gasteiger partial charge in [-0.2, -0.15) is 5.10 Å². The number of benzene rings is 2. The zero-order valence-electron chi connectivity index (χ0n) is 17.2. The van der Waals surface area contributed by atoms with Crippen molar-refractivity contribution in [3.8, 4) is 11.5 Å². The predicted octanol–water partition coefficient (Wildman–Crippen LogP) is 3.58. The summed E-state index contributed by atoms with van der Waals surface area (Å²) in [6.07, 6.45) is 2.33. The number of nitrogens with zero attached hydrogens (tertiary/aromatic N) is 1. The van der Waals surface area contributed by atoms with E-state index in [4.69, 9.17) is 9.47 Å². The molecule has 0 radical (unpaired) electrons. The molecule has 2 amide bonds. The average Bonchev–Trinajstić information content (AvgIpc) is 2.70. The number of rotatable bonds is 8. The lowest BCUT2D eigenvalue weighted by Gasteiger charge is -2.12. The quantitative estimate of drug-likeness (QED) is 0.405. The minimum absolute atomic E-state index is 0.498. The van der Waals surface area contributed by atoms with Crippen LogP contribution in [0.5, 0.6) is 11.5 Å². The molecule has 0 aliphatic carbocycles. The van der Waals surface area contributed by atoms with Crippen LogP contribution in [-0.2, 0) is 9.59 Å². The number of para-hydroxylation sites is 1. The van der Waals surface area contributed by atoms with Crippen molar-refractivity contribution in [1.82, 2.24) is 5.43 Å². The Balaban J connectivity index is 2.00. The van der Waals surface area contributed by atoms with Gasteiger partial charge >= 0.3 is 11.8 Å². The fourth-order valence-corrected chi connectivity index (χ4v) is 2.60. The van der Waals surface area contributed by atoms with Gasteiger partial charge in [-0.25, -0.2) is 5.43 Å². The van der Waals surface area contributed by atoms with E-state index in [1.807, 2.05) is 45.9 Å². The Bertz CT molecular complexity index is 873. The molecule has 0 bridgehead atoms. The summed E-state index contributed by atoms with van der Waals surface area (Å²) in [7, 11) is 0. The normalized spacial score (nSPS) is 10.6. The van der Waals surface area contributed by atoms with Gasteiger partial charge in [0.05, 0.1) is 19.4 Å². The Morgan fingerprint density at radius 3 is 2.38 bits per heavy atom. The lowest BCUT2D eigenvalue weighted by atomic mass is 10.1. The first kappa shape index (κ1) is 21.9. The van der Waals surface area contributed by atoms with E-state index in [1.54, 1.807) is 18.2 Å². The van der Waals surface area contributed by atoms with Gasteiger partial charge in [-0.15, -0.1) is 0 Å². The van der Waals surface area contributed by atoms with E-state index >= 15 is 0 Å². The highest BCUT2D eigenvalue weighted by atomic mass is 16.5. The lowest BCUT2D eigenvalue weighted by molar-refractivity contribution is -0.136. The number of ether oxygens (including phenoxy) is 2. The maximum atomic E-state index is 12.1. The second-order valence-corrected chi connectivity index (χ2v) is 6.41. The highest BCUT2D eigenvalue weighted by Gasteiger charge is 2.15. The van der Waals surface area contributed by atoms with Gasteiger partial charge in [0.2, 0.25) is 0 Å². The van der Waals surface area contributed by atoms with Gasteiger partial charge in [-0.3, -0.25) is 9.59 Å². The van der Waals surface area contributed by atoms with Crippen LogP contribution < -0.4 is 20.2 Å². The maximum absolute atomic E-state index is 12.1. The number of hydrogen-bond donors (Lipinski definition) is 2. The summed E-state index contributed by atoms with van der Waals surface area (Å²) in [5.41, 5.74) is 5.32. The molecule has 2 N–H and O–H groups in total. The van der Waals surface area contributed by atoms with Crippen LogP contribution in [0.25, 0.3) is 0 Å². The number of amides is 2. The first-order chi connectivity index (χ1) is 14.0. The minimum Gasteiger partial charge on any atom is -0.490 e. The molecule has 0 heterocycles. The molecule has 0 saturated heterocycles. The Kier molecular flexibility index (Phi) is 8.21. The zero-order valence-corrected chi connectivity index (χ0v) is 17.2. The van der Waals surface area contributed by atoms with Crippen molar-refractivity contribution in [2.75, 3.05) is 18.5 Å². The topological polar surface area (TPSA) is 89.0 Å². The highest BCUT2D eigenvalue weighted by Crippen LogP contribution is 2.28. The minimum atomic E-state index is -0.850. The van der Waals surface area contributed by atoms with Gasteiger partial charge in [-0.05, 0) is 62.1 Å². The number of carbonyl (C=O) groups is 2. The first-order valence-electron chi connectivity index (χ1n) is 9.56. The summed E-state index contributed by atoms with van der Waals surface area (Å²) in [5.74, 6) is -0.374. The molecular formula is C22H27N3O4. The molecular weight excluding hydrogens is 370 g/mol. The van der Waals surface area contributed by atoms with E-state index in [2.05, 4.69) is 15.8 Å². The van der Waals surface area contributed by atoms with Crippen LogP contribution in [0.3, 0.4) is 0 Å². The van der Waals surface area contributed by atoms with E-state index in [0.717, 1.165) is 17.5 Å². The molecule has 0 saturated carbocycles. The third-order valence-corrected chi connectivity index (χ3v) is 4.03. The fraction of sp³-hybridized carbons (Fsp3) is 0.318. The third kappa shape index (κ3) is 6.34. The smallest absolute Gasteiger partial charge is 0.329 e. The summed E-state index contributed by atoms with van der Waals surface area (Å²) in [6, 6.07) is 11.0. The lowest BCUT2D eigenvalue weighted by Crippen LogP contribution is -2.32. The monoisotopic (exact) mass is 397 g/mol. The molecule has 0 unspecified atom stereocenters. The van der Waals surface area contributed by atoms with E-state index in [-0.39, 0.29) is 0 Å². The van der Waals surface area contributed by atoms with Crippen LogP contribution in [-0.4, -0.2) is 31.2 Å². The molecule has 7 nitrogen and oxygen atoms in total. The highest BCUT2D eigenvalue weighted by molar-refractivity contribution is 6.39. The molecule has 7 heteroatoms. The van der Waals surface area contributed by atoms with Gasteiger partial charge in [0.1, 0.15) is 0 Å². The Morgan fingerprint density at radius 1 is 1.00 bits per heavy atom. The van der Waals surface area contributed by atoms with Crippen LogP contribution in [0.15, 0.2) is 41.5 Å². The Hall–Kier alpha value is -3.35. The van der Waals surface area contributed by atoms with E-state index in [9.17, 15) is 9.59 Å². The number of carbonyl (C=O) groups excluding carboxylic acids is 2. The molecule has 0 aliphatic heterocycles. The average molecular weight is 397 g/mol. The van der Waals surface area contributed by atoms with Crippen molar-refractivity contribution in [2.45, 2.75) is 34.1 Å². The maximum Gasteiger partial charge on any atom is 0.329 e. The van der Waals surface area contributed by atoms with Crippen LogP contribution in [0, 0.1) is 13.8 Å². The molecule has 2 aromatic carbocycles. The molecule has 2 aromatic rings. The second-order valence-electron chi connectivity index (χ2n) is 6.41. The van der Waals surface area contributed by atoms with Crippen LogP contribution in [0.1, 0.15) is 37.0 Å². The Morgan fingerprint density at radius 2 is 1.72 bits per heavy atom. The summed E-state index contributed by atoms with van der Waals surface area (Å²) in [5, 5.41) is 6.48. The number of anilines is 1. The molecule has 154 valence electrons. The summed E-state index contributed by atoms with van der Waals surface area (Å²) in [4.78, 5) is 24.1. The van der Waals surface area contributed by atoms with Gasteiger partial charge in [0.15, 0.2) is 11.5 Å². The summed E-state index contributed by atoms with van der Waals surface area (Å²) in [6.45, 7) is 8.74. The molecule has 0 aromatic heterocycles. The van der Waals surface area contributed by atoms with Crippen LogP contribution in [0.2, 0.25) is 0 Å². The standard InChI is InChI=1S/C22H27N3O4/c1-5-12-29-18-11-10-17(13-19(18)28-6-2)14-23-25-22(27)21(26)24-20-15(3)8-7-9-16(20)4/h7-11,13-14H,5-6,12H2,1-4H3,(H,24,26)(H,25,27)/b23-14-. The number of nitrogens with one attached hydrogen (secondary N) is 2. The summed E-state index contributed by atoms with van der Waals surface area (Å²) >= 11 is 0. The van der Waals surface area contributed by atoms with Crippen LogP contribution in [0.4, 0.5) is 5.69 Å². The number of hydrogen-bond acceptors (Lipinski definition) is 5. The van der Waals surface area contributed by atoms with Crippen molar-refractivity contribution in [1.29, 1.82) is 0 Å². The molecule has 0 atom stereocenters. The number of hydrazone groups is 1. The van der Waals surface area contributed by atoms with E-state index in [0.29, 0.717) is 36.0 Å². The van der Waals surface area contributed by atoms with Crippen molar-refractivity contribution >= 4 is 23.7 Å². The SMILES string of the molecule is CCCOc1ccc(/C=N\NC(=O)C(=O)Nc2c(C)cccc2C)cc1OCC. The molecule has 29 heavy (non-hydrogen) atoms. The van der Waals surface area contributed by atoms with Crippen molar-refractivity contribution < 1.29 is 19.1 Å². The second kappa shape index (κ2) is 10.8. The molecule has 2 rings (SSSR count). The summed E-state index contributed by atoms with van der Waals surface area (Å²) < 4.78 is 11.2. The molecule has 0 aliphatic rings. The van der Waals surface area contributed by atoms with Gasteiger partial charge in [0, 0.05) is 5.69 Å². The van der Waals surface area contributed by atoms with Crippen molar-refractivity contribution in [2.24, 2.45) is 5.10 Å². The third-order valence-electron chi connectivity index (χ3n) is 4.03. The van der Waals surface area contributed by atoms with E-state index < -0.39 is 11.8 Å². The van der Waals surface area contributed by atoms with E-state index in [1.165, 1.54) is 6.21 Å². The molecule has 0 fully saturated rings. The van der Waals surface area contributed by atoms with Crippen LogP contribution >= 0.6 is 0 Å². The fourth-order valence-electron chi connectivity index (χ4n) is 2.60.